The summed E-state index contributed by atoms with van der Waals surface area (Å²) in [5.41, 5.74) is 1.91. The summed E-state index contributed by atoms with van der Waals surface area (Å²) in [5, 5.41) is 13.4. The number of non-ortho nitro benzene ring substituents is 1. The zero-order chi connectivity index (χ0) is 19.1. The second-order valence-corrected chi connectivity index (χ2v) is 8.08. The minimum Gasteiger partial charge on any atom is -0.322 e. The van der Waals surface area contributed by atoms with Gasteiger partial charge in [0.1, 0.15) is 0 Å². The molecule has 9 heteroatoms. The molecule has 0 bridgehead atoms. The zero-order valence-electron chi connectivity index (χ0n) is 14.2. The fourth-order valence-electron chi connectivity index (χ4n) is 3.15. The van der Waals surface area contributed by atoms with Crippen LogP contribution in [0.25, 0.3) is 0 Å². The lowest BCUT2D eigenvalue weighted by molar-refractivity contribution is -0.384. The summed E-state index contributed by atoms with van der Waals surface area (Å²) in [6.07, 6.45) is 1.67. The standard InChI is InChI=1S/C17H17N3O5S/c1-11-8-13-9-12(6-7-16(13)19(11)26(2,24)25)17(21)18-14-4-3-5-15(10-14)20(22)23/h3-7,9-11H,8H2,1-2H3,(H,18,21). The summed E-state index contributed by atoms with van der Waals surface area (Å²) in [5.74, 6) is -0.418. The van der Waals surface area contributed by atoms with Gasteiger partial charge in [-0.05, 0) is 43.2 Å². The number of anilines is 2. The first-order valence-electron chi connectivity index (χ1n) is 7.85. The number of benzene rings is 2. The minimum absolute atomic E-state index is 0.116. The van der Waals surface area contributed by atoms with Crippen molar-refractivity contribution < 1.29 is 18.1 Å². The lowest BCUT2D eigenvalue weighted by Crippen LogP contribution is -2.34. The Morgan fingerprint density at radius 1 is 1.27 bits per heavy atom. The van der Waals surface area contributed by atoms with E-state index in [1.54, 1.807) is 24.3 Å². The van der Waals surface area contributed by atoms with Crippen molar-refractivity contribution in [1.29, 1.82) is 0 Å². The Kier molecular flexibility index (Phi) is 4.41. The maximum Gasteiger partial charge on any atom is 0.271 e. The molecule has 0 saturated heterocycles. The van der Waals surface area contributed by atoms with E-state index in [4.69, 9.17) is 0 Å². The highest BCUT2D eigenvalue weighted by Crippen LogP contribution is 2.34. The first-order chi connectivity index (χ1) is 12.2. The Balaban J connectivity index is 1.86. The molecular formula is C17H17N3O5S. The first-order valence-corrected chi connectivity index (χ1v) is 9.70. The van der Waals surface area contributed by atoms with Gasteiger partial charge < -0.3 is 5.32 Å². The third-order valence-corrected chi connectivity index (χ3v) is 5.44. The first kappa shape index (κ1) is 17.9. The molecule has 1 N–H and O–H groups in total. The molecule has 0 saturated carbocycles. The van der Waals surface area contributed by atoms with Gasteiger partial charge >= 0.3 is 0 Å². The van der Waals surface area contributed by atoms with Gasteiger partial charge in [0.2, 0.25) is 10.0 Å². The number of hydrogen-bond acceptors (Lipinski definition) is 5. The van der Waals surface area contributed by atoms with Crippen LogP contribution in [0.2, 0.25) is 0 Å². The van der Waals surface area contributed by atoms with Crippen molar-refractivity contribution in [3.05, 3.63) is 63.7 Å². The van der Waals surface area contributed by atoms with E-state index < -0.39 is 20.9 Å². The van der Waals surface area contributed by atoms with Gasteiger partial charge in [0.05, 0.1) is 16.9 Å². The number of amides is 1. The molecule has 1 aliphatic heterocycles. The van der Waals surface area contributed by atoms with Gasteiger partial charge in [0, 0.05) is 29.4 Å². The molecule has 0 aromatic heterocycles. The maximum absolute atomic E-state index is 12.4. The summed E-state index contributed by atoms with van der Waals surface area (Å²) in [7, 11) is -3.39. The smallest absolute Gasteiger partial charge is 0.271 e. The normalized spacial score (nSPS) is 16.2. The monoisotopic (exact) mass is 375 g/mol. The molecule has 1 aliphatic rings. The summed E-state index contributed by atoms with van der Waals surface area (Å²) in [4.78, 5) is 22.7. The molecule has 1 amide bonds. The van der Waals surface area contributed by atoms with Gasteiger partial charge in [-0.25, -0.2) is 8.42 Å². The van der Waals surface area contributed by atoms with Crippen LogP contribution in [-0.4, -0.2) is 31.5 Å². The number of rotatable bonds is 4. The summed E-state index contributed by atoms with van der Waals surface area (Å²) < 4.78 is 25.2. The van der Waals surface area contributed by atoms with Crippen LogP contribution >= 0.6 is 0 Å². The molecule has 1 heterocycles. The molecule has 1 atom stereocenters. The molecule has 2 aromatic rings. The van der Waals surface area contributed by atoms with E-state index in [1.807, 2.05) is 6.92 Å². The number of sulfonamides is 1. The molecular weight excluding hydrogens is 358 g/mol. The van der Waals surface area contributed by atoms with Crippen molar-refractivity contribution in [3.63, 3.8) is 0 Å². The van der Waals surface area contributed by atoms with E-state index in [9.17, 15) is 23.3 Å². The van der Waals surface area contributed by atoms with Crippen LogP contribution in [0.5, 0.6) is 0 Å². The van der Waals surface area contributed by atoms with Crippen molar-refractivity contribution >= 4 is 33.0 Å². The highest BCUT2D eigenvalue weighted by Gasteiger charge is 2.32. The van der Waals surface area contributed by atoms with Gasteiger partial charge in [0.25, 0.3) is 11.6 Å². The SMILES string of the molecule is CC1Cc2cc(C(=O)Nc3cccc([N+](=O)[O-])c3)ccc2N1S(C)(=O)=O. The highest BCUT2D eigenvalue weighted by atomic mass is 32.2. The quantitative estimate of drug-likeness (QED) is 0.652. The minimum atomic E-state index is -3.39. The van der Waals surface area contributed by atoms with Crippen LogP contribution in [0.15, 0.2) is 42.5 Å². The number of nitrogens with zero attached hydrogens (tertiary/aromatic N) is 2. The predicted molar refractivity (Wildman–Crippen MR) is 98.0 cm³/mol. The van der Waals surface area contributed by atoms with Crippen molar-refractivity contribution in [2.24, 2.45) is 0 Å². The van der Waals surface area contributed by atoms with E-state index in [0.717, 1.165) is 11.8 Å². The van der Waals surface area contributed by atoms with Crippen molar-refractivity contribution in [2.45, 2.75) is 19.4 Å². The molecule has 2 aromatic carbocycles. The Bertz CT molecular complexity index is 1000. The van der Waals surface area contributed by atoms with E-state index in [1.165, 1.54) is 22.5 Å². The zero-order valence-corrected chi connectivity index (χ0v) is 15.0. The van der Waals surface area contributed by atoms with Gasteiger partial charge in [-0.2, -0.15) is 0 Å². The third kappa shape index (κ3) is 3.38. The Morgan fingerprint density at radius 2 is 2.00 bits per heavy atom. The van der Waals surface area contributed by atoms with Crippen LogP contribution < -0.4 is 9.62 Å². The fourth-order valence-corrected chi connectivity index (χ4v) is 4.41. The van der Waals surface area contributed by atoms with Crippen LogP contribution in [0.3, 0.4) is 0 Å². The summed E-state index contributed by atoms with van der Waals surface area (Å²) in [6.45, 7) is 1.81. The second-order valence-electron chi connectivity index (χ2n) is 6.22. The molecule has 8 nitrogen and oxygen atoms in total. The summed E-state index contributed by atoms with van der Waals surface area (Å²) in [6, 6.07) is 10.3. The fraction of sp³-hybridized carbons (Fsp3) is 0.235. The summed E-state index contributed by atoms with van der Waals surface area (Å²) >= 11 is 0. The average molecular weight is 375 g/mol. The van der Waals surface area contributed by atoms with E-state index in [2.05, 4.69) is 5.32 Å². The lowest BCUT2D eigenvalue weighted by Gasteiger charge is -2.21. The third-order valence-electron chi connectivity index (χ3n) is 4.17. The molecule has 3 rings (SSSR count). The van der Waals surface area contributed by atoms with Crippen molar-refractivity contribution in [3.8, 4) is 0 Å². The molecule has 0 spiro atoms. The van der Waals surface area contributed by atoms with Gasteiger partial charge in [0.15, 0.2) is 0 Å². The second kappa shape index (κ2) is 6.41. The highest BCUT2D eigenvalue weighted by molar-refractivity contribution is 7.92. The number of nitro benzene ring substituents is 1. The number of hydrogen-bond donors (Lipinski definition) is 1. The van der Waals surface area contributed by atoms with Crippen molar-refractivity contribution in [1.82, 2.24) is 0 Å². The maximum atomic E-state index is 12.4. The molecule has 0 aliphatic carbocycles. The number of fused-ring (bicyclic) bond motifs is 1. The lowest BCUT2D eigenvalue weighted by atomic mass is 10.1. The largest absolute Gasteiger partial charge is 0.322 e. The van der Waals surface area contributed by atoms with Crippen LogP contribution in [0, 0.1) is 10.1 Å². The number of nitro groups is 1. The number of carbonyl (C=O) groups is 1. The Morgan fingerprint density at radius 3 is 2.65 bits per heavy atom. The Hall–Kier alpha value is -2.94. The van der Waals surface area contributed by atoms with E-state index >= 15 is 0 Å². The van der Waals surface area contributed by atoms with Gasteiger partial charge in [-0.3, -0.25) is 19.2 Å². The number of carbonyl (C=O) groups excluding carboxylic acids is 1. The number of nitrogens with one attached hydrogen (secondary N) is 1. The molecule has 136 valence electrons. The topological polar surface area (TPSA) is 110 Å². The molecule has 0 fully saturated rings. The van der Waals surface area contributed by atoms with E-state index in [-0.39, 0.29) is 11.7 Å². The predicted octanol–water partition coefficient (Wildman–Crippen LogP) is 2.56. The van der Waals surface area contributed by atoms with E-state index in [0.29, 0.717) is 23.4 Å². The molecule has 1 unspecified atom stereocenters. The van der Waals surface area contributed by atoms with Crippen LogP contribution in [0.4, 0.5) is 17.1 Å². The molecule has 0 radical (unpaired) electrons. The Labute approximate surface area is 150 Å². The van der Waals surface area contributed by atoms with Gasteiger partial charge in [-0.15, -0.1) is 0 Å². The average Bonchev–Trinajstić information content (AvgIpc) is 2.89. The van der Waals surface area contributed by atoms with Crippen LogP contribution in [0.1, 0.15) is 22.8 Å². The van der Waals surface area contributed by atoms with Gasteiger partial charge in [-0.1, -0.05) is 6.07 Å². The molecule has 26 heavy (non-hydrogen) atoms. The van der Waals surface area contributed by atoms with Crippen LogP contribution in [-0.2, 0) is 16.4 Å². The van der Waals surface area contributed by atoms with Crippen molar-refractivity contribution in [2.75, 3.05) is 15.9 Å².